The van der Waals surface area contributed by atoms with E-state index < -0.39 is 0 Å². The maximum absolute atomic E-state index is 12.1. The number of carbonyl (C=O) groups is 1. The third kappa shape index (κ3) is 5.03. The predicted octanol–water partition coefficient (Wildman–Crippen LogP) is 4.41. The van der Waals surface area contributed by atoms with Crippen LogP contribution in [0.4, 0.5) is 11.5 Å². The van der Waals surface area contributed by atoms with E-state index in [1.807, 2.05) is 36.4 Å². The van der Waals surface area contributed by atoms with Crippen molar-refractivity contribution in [3.05, 3.63) is 65.7 Å². The number of nitrogens with zero attached hydrogens (tertiary/aromatic N) is 3. The molecule has 6 nitrogen and oxygen atoms in total. The van der Waals surface area contributed by atoms with E-state index in [0.29, 0.717) is 16.5 Å². The van der Waals surface area contributed by atoms with Crippen molar-refractivity contribution in [1.82, 2.24) is 10.2 Å². The molecule has 0 aliphatic carbocycles. The van der Waals surface area contributed by atoms with Gasteiger partial charge in [-0.25, -0.2) is 0 Å². The highest BCUT2D eigenvalue weighted by molar-refractivity contribution is 6.30. The Morgan fingerprint density at radius 2 is 1.69 bits per heavy atom. The van der Waals surface area contributed by atoms with Crippen molar-refractivity contribution in [2.24, 2.45) is 0 Å². The van der Waals surface area contributed by atoms with E-state index in [9.17, 15) is 4.79 Å². The van der Waals surface area contributed by atoms with Gasteiger partial charge in [-0.2, -0.15) is 0 Å². The Bertz CT molecular complexity index is 954. The van der Waals surface area contributed by atoms with Crippen molar-refractivity contribution < 1.29 is 9.53 Å². The maximum Gasteiger partial charge on any atom is 0.262 e. The zero-order chi connectivity index (χ0) is 20.1. The highest BCUT2D eigenvalue weighted by atomic mass is 35.5. The van der Waals surface area contributed by atoms with E-state index in [1.54, 1.807) is 24.3 Å². The van der Waals surface area contributed by atoms with Gasteiger partial charge in [-0.1, -0.05) is 23.7 Å². The molecule has 1 amide bonds. The van der Waals surface area contributed by atoms with E-state index in [-0.39, 0.29) is 12.5 Å². The molecule has 0 bridgehead atoms. The van der Waals surface area contributed by atoms with Gasteiger partial charge in [0.05, 0.1) is 5.69 Å². The average Bonchev–Trinajstić information content (AvgIpc) is 3.29. The Balaban J connectivity index is 1.32. The number of nitrogens with one attached hydrogen (secondary N) is 1. The number of aromatic nitrogens is 2. The molecule has 29 heavy (non-hydrogen) atoms. The summed E-state index contributed by atoms with van der Waals surface area (Å²) in [6.45, 7) is 2.02. The predicted molar refractivity (Wildman–Crippen MR) is 114 cm³/mol. The van der Waals surface area contributed by atoms with Crippen molar-refractivity contribution in [2.75, 3.05) is 29.9 Å². The Labute approximate surface area is 174 Å². The number of hydrogen-bond donors (Lipinski definition) is 1. The van der Waals surface area contributed by atoms with Crippen LogP contribution in [0.1, 0.15) is 12.8 Å². The molecular formula is C22H21ClN4O2. The number of ether oxygens (including phenoxy) is 1. The van der Waals surface area contributed by atoms with Gasteiger partial charge in [-0.3, -0.25) is 4.79 Å². The van der Waals surface area contributed by atoms with Crippen LogP contribution in [0.25, 0.3) is 11.3 Å². The molecule has 1 aliphatic heterocycles. The van der Waals surface area contributed by atoms with Gasteiger partial charge in [0.2, 0.25) is 0 Å². The molecule has 1 N–H and O–H groups in total. The molecule has 2 heterocycles. The maximum atomic E-state index is 12.1. The number of hydrogen-bond acceptors (Lipinski definition) is 5. The van der Waals surface area contributed by atoms with Crippen LogP contribution in [0.2, 0.25) is 5.02 Å². The summed E-state index contributed by atoms with van der Waals surface area (Å²) in [6.07, 6.45) is 2.42. The van der Waals surface area contributed by atoms with Gasteiger partial charge in [-0.15, -0.1) is 10.2 Å². The molecule has 3 aromatic rings. The summed E-state index contributed by atoms with van der Waals surface area (Å²) in [7, 11) is 0. The van der Waals surface area contributed by atoms with E-state index in [0.717, 1.165) is 30.2 Å². The molecule has 1 aromatic heterocycles. The van der Waals surface area contributed by atoms with Crippen LogP contribution in [-0.4, -0.2) is 35.8 Å². The Morgan fingerprint density at radius 3 is 2.34 bits per heavy atom. The first kappa shape index (κ1) is 19.2. The van der Waals surface area contributed by atoms with Crippen LogP contribution in [0.5, 0.6) is 5.75 Å². The molecule has 7 heteroatoms. The molecule has 4 rings (SSSR count). The Kier molecular flexibility index (Phi) is 5.91. The summed E-state index contributed by atoms with van der Waals surface area (Å²) < 4.78 is 5.45. The van der Waals surface area contributed by atoms with Gasteiger partial charge >= 0.3 is 0 Å². The normalized spacial score (nSPS) is 13.3. The van der Waals surface area contributed by atoms with Gasteiger partial charge in [0, 0.05) is 29.4 Å². The van der Waals surface area contributed by atoms with Crippen molar-refractivity contribution in [2.45, 2.75) is 12.8 Å². The van der Waals surface area contributed by atoms with Gasteiger partial charge < -0.3 is 15.0 Å². The summed E-state index contributed by atoms with van der Waals surface area (Å²) in [5.41, 5.74) is 2.44. The van der Waals surface area contributed by atoms with Crippen LogP contribution in [0.15, 0.2) is 60.7 Å². The van der Waals surface area contributed by atoms with Crippen LogP contribution < -0.4 is 15.0 Å². The van der Waals surface area contributed by atoms with Gasteiger partial charge in [0.1, 0.15) is 5.75 Å². The number of amides is 1. The second-order valence-corrected chi connectivity index (χ2v) is 7.28. The summed E-state index contributed by atoms with van der Waals surface area (Å²) in [4.78, 5) is 14.3. The zero-order valence-electron chi connectivity index (χ0n) is 15.8. The fraction of sp³-hybridized carbons (Fsp3) is 0.227. The first-order valence-electron chi connectivity index (χ1n) is 9.55. The molecule has 1 aliphatic rings. The monoisotopic (exact) mass is 408 g/mol. The molecule has 0 saturated carbocycles. The molecule has 0 radical (unpaired) electrons. The smallest absolute Gasteiger partial charge is 0.262 e. The van der Waals surface area contributed by atoms with Crippen molar-refractivity contribution >= 4 is 29.0 Å². The fourth-order valence-electron chi connectivity index (χ4n) is 3.20. The van der Waals surface area contributed by atoms with Crippen molar-refractivity contribution in [3.63, 3.8) is 0 Å². The van der Waals surface area contributed by atoms with Gasteiger partial charge in [0.25, 0.3) is 5.91 Å². The van der Waals surface area contributed by atoms with Crippen molar-refractivity contribution in [3.8, 4) is 17.0 Å². The Hall–Kier alpha value is -3.12. The molecule has 0 unspecified atom stereocenters. The van der Waals surface area contributed by atoms with E-state index in [4.69, 9.17) is 16.3 Å². The van der Waals surface area contributed by atoms with Crippen LogP contribution in [0, 0.1) is 0 Å². The van der Waals surface area contributed by atoms with E-state index in [1.165, 1.54) is 12.8 Å². The fourth-order valence-corrected chi connectivity index (χ4v) is 3.32. The van der Waals surface area contributed by atoms with Crippen LogP contribution in [0.3, 0.4) is 0 Å². The topological polar surface area (TPSA) is 67.3 Å². The summed E-state index contributed by atoms with van der Waals surface area (Å²) in [5, 5.41) is 12.1. The van der Waals surface area contributed by atoms with Crippen LogP contribution in [-0.2, 0) is 4.79 Å². The van der Waals surface area contributed by atoms with Gasteiger partial charge in [0.15, 0.2) is 12.4 Å². The SMILES string of the molecule is O=C(COc1ccc(Cl)cc1)Nc1ccc(-c2ccc(N3CCCC3)nn2)cc1. The Morgan fingerprint density at radius 1 is 0.966 bits per heavy atom. The zero-order valence-corrected chi connectivity index (χ0v) is 16.6. The number of anilines is 2. The largest absolute Gasteiger partial charge is 0.484 e. The highest BCUT2D eigenvalue weighted by Crippen LogP contribution is 2.22. The molecule has 148 valence electrons. The number of rotatable bonds is 6. The summed E-state index contributed by atoms with van der Waals surface area (Å²) in [5.74, 6) is 1.29. The summed E-state index contributed by atoms with van der Waals surface area (Å²) >= 11 is 5.83. The molecule has 2 aromatic carbocycles. The van der Waals surface area contributed by atoms with Gasteiger partial charge in [-0.05, 0) is 61.4 Å². The first-order chi connectivity index (χ1) is 14.2. The third-order valence-corrected chi connectivity index (χ3v) is 4.98. The lowest BCUT2D eigenvalue weighted by Gasteiger charge is -2.15. The third-order valence-electron chi connectivity index (χ3n) is 4.73. The molecule has 1 saturated heterocycles. The quantitative estimate of drug-likeness (QED) is 0.654. The molecule has 0 atom stereocenters. The average molecular weight is 409 g/mol. The first-order valence-corrected chi connectivity index (χ1v) is 9.92. The minimum atomic E-state index is -0.234. The minimum absolute atomic E-state index is 0.0766. The second kappa shape index (κ2) is 8.92. The molecule has 0 spiro atoms. The van der Waals surface area contributed by atoms with Crippen LogP contribution >= 0.6 is 11.6 Å². The lowest BCUT2D eigenvalue weighted by atomic mass is 10.1. The highest BCUT2D eigenvalue weighted by Gasteiger charge is 2.14. The number of benzene rings is 2. The summed E-state index contributed by atoms with van der Waals surface area (Å²) in [6, 6.07) is 18.4. The second-order valence-electron chi connectivity index (χ2n) is 6.84. The standard InChI is InChI=1S/C22H21ClN4O2/c23-17-5-9-19(10-6-17)29-15-22(28)24-18-7-3-16(4-8-18)20-11-12-21(26-25-20)27-13-1-2-14-27/h3-12H,1-2,13-15H2,(H,24,28). The minimum Gasteiger partial charge on any atom is -0.484 e. The molecule has 1 fully saturated rings. The number of halogens is 1. The van der Waals surface area contributed by atoms with E-state index >= 15 is 0 Å². The number of carbonyl (C=O) groups excluding carboxylic acids is 1. The lowest BCUT2D eigenvalue weighted by Crippen LogP contribution is -2.20. The lowest BCUT2D eigenvalue weighted by molar-refractivity contribution is -0.118. The van der Waals surface area contributed by atoms with Crippen molar-refractivity contribution in [1.29, 1.82) is 0 Å². The van der Waals surface area contributed by atoms with E-state index in [2.05, 4.69) is 20.4 Å². The molecular weight excluding hydrogens is 388 g/mol.